The Balaban J connectivity index is 1.40. The first-order chi connectivity index (χ1) is 22.8. The molecular weight excluding hydrogens is 562 g/mol. The van der Waals surface area contributed by atoms with Gasteiger partial charge in [0.25, 0.3) is 0 Å². The van der Waals surface area contributed by atoms with Gasteiger partial charge in [-0.25, -0.2) is 0 Å². The minimum Gasteiger partial charge on any atom is -0.455 e. The maximum absolute atomic E-state index is 10.2. The molecule has 3 nitrogen and oxygen atoms in total. The monoisotopic (exact) mass is 587 g/mol. The maximum atomic E-state index is 10.2. The predicted octanol–water partition coefficient (Wildman–Crippen LogP) is 12.0. The lowest BCUT2D eigenvalue weighted by atomic mass is 9.85. The smallest absolute Gasteiger partial charge is 0.143 e. The SMILES string of the molecule is N#Cc1cc(-c2ccccc2)cc(-c2c(-c3cccc4c3oc3ccccc34)cccc2-c2cccc3c2oc2ccccc23)c1. The van der Waals surface area contributed by atoms with Gasteiger partial charge in [0.05, 0.1) is 11.6 Å². The van der Waals surface area contributed by atoms with Crippen LogP contribution in [0.2, 0.25) is 0 Å². The average molecular weight is 588 g/mol. The highest BCUT2D eigenvalue weighted by atomic mass is 16.3. The molecule has 0 N–H and O–H groups in total. The van der Waals surface area contributed by atoms with Gasteiger partial charge in [-0.05, 0) is 63.7 Å². The van der Waals surface area contributed by atoms with E-state index < -0.39 is 0 Å². The average Bonchev–Trinajstić information content (AvgIpc) is 3.70. The van der Waals surface area contributed by atoms with Crippen molar-refractivity contribution in [2.45, 2.75) is 0 Å². The second-order valence-electron chi connectivity index (χ2n) is 11.6. The fourth-order valence-electron chi connectivity index (χ4n) is 6.86. The minimum atomic E-state index is 0.598. The predicted molar refractivity (Wildman–Crippen MR) is 187 cm³/mol. The molecule has 0 aliphatic heterocycles. The van der Waals surface area contributed by atoms with E-state index in [1.807, 2.05) is 66.7 Å². The van der Waals surface area contributed by atoms with Gasteiger partial charge in [-0.3, -0.25) is 0 Å². The highest BCUT2D eigenvalue weighted by Crippen LogP contribution is 2.47. The lowest BCUT2D eigenvalue weighted by Crippen LogP contribution is -1.93. The summed E-state index contributed by atoms with van der Waals surface area (Å²) in [6.45, 7) is 0. The van der Waals surface area contributed by atoms with Crippen molar-refractivity contribution in [1.82, 2.24) is 0 Å². The summed E-state index contributed by atoms with van der Waals surface area (Å²) in [5, 5.41) is 14.5. The Kier molecular flexibility index (Phi) is 5.88. The van der Waals surface area contributed by atoms with Gasteiger partial charge in [0, 0.05) is 32.7 Å². The second-order valence-corrected chi connectivity index (χ2v) is 11.6. The van der Waals surface area contributed by atoms with Crippen molar-refractivity contribution in [2.75, 3.05) is 0 Å². The zero-order chi connectivity index (χ0) is 30.6. The Labute approximate surface area is 265 Å². The number of nitrogens with zero attached hydrogens (tertiary/aromatic N) is 1. The minimum absolute atomic E-state index is 0.598. The number of rotatable bonds is 4. The molecule has 7 aromatic carbocycles. The summed E-state index contributed by atoms with van der Waals surface area (Å²) in [5.41, 5.74) is 12.0. The molecule has 0 aliphatic carbocycles. The standard InChI is InChI=1S/C43H25NO2/c44-26-27-23-29(28-11-2-1-3-12-28)25-30(24-27)41-33(37-19-9-17-35-31-13-4-6-21-39(31)45-42(35)37)15-8-16-34(41)38-20-10-18-36-32-14-5-7-22-40(32)46-43(36)38/h1-25H. The van der Waals surface area contributed by atoms with E-state index in [4.69, 9.17) is 8.83 Å². The van der Waals surface area contributed by atoms with E-state index in [2.05, 4.69) is 91.0 Å². The van der Waals surface area contributed by atoms with Crippen LogP contribution in [0.3, 0.4) is 0 Å². The Morgan fingerprint density at radius 1 is 0.391 bits per heavy atom. The van der Waals surface area contributed by atoms with E-state index in [9.17, 15) is 5.26 Å². The number of fused-ring (bicyclic) bond motifs is 6. The Morgan fingerprint density at radius 2 is 0.870 bits per heavy atom. The Hall–Kier alpha value is -6.37. The molecule has 0 saturated carbocycles. The van der Waals surface area contributed by atoms with Crippen molar-refractivity contribution in [3.63, 3.8) is 0 Å². The van der Waals surface area contributed by atoms with Crippen LogP contribution in [0, 0.1) is 11.3 Å². The first-order valence-corrected chi connectivity index (χ1v) is 15.3. The third-order valence-electron chi connectivity index (χ3n) is 8.91. The van der Waals surface area contributed by atoms with E-state index in [1.54, 1.807) is 0 Å². The van der Waals surface area contributed by atoms with E-state index in [0.717, 1.165) is 88.4 Å². The molecule has 2 aromatic heterocycles. The number of benzene rings is 7. The lowest BCUT2D eigenvalue weighted by molar-refractivity contribution is 0.670. The fourth-order valence-corrected chi connectivity index (χ4v) is 6.86. The number of para-hydroxylation sites is 4. The van der Waals surface area contributed by atoms with Gasteiger partial charge in [0.15, 0.2) is 0 Å². The van der Waals surface area contributed by atoms with Gasteiger partial charge in [0.2, 0.25) is 0 Å². The number of hydrogen-bond acceptors (Lipinski definition) is 3. The van der Waals surface area contributed by atoms with Crippen molar-refractivity contribution in [2.24, 2.45) is 0 Å². The second kappa shape index (κ2) is 10.4. The Morgan fingerprint density at radius 3 is 1.46 bits per heavy atom. The van der Waals surface area contributed by atoms with Crippen molar-refractivity contribution in [3.8, 4) is 50.6 Å². The molecule has 214 valence electrons. The summed E-state index contributed by atoms with van der Waals surface area (Å²) < 4.78 is 13.1. The zero-order valence-corrected chi connectivity index (χ0v) is 24.7. The van der Waals surface area contributed by atoms with Crippen LogP contribution in [0.5, 0.6) is 0 Å². The lowest BCUT2D eigenvalue weighted by Gasteiger charge is -2.18. The summed E-state index contributed by atoms with van der Waals surface area (Å²) >= 11 is 0. The van der Waals surface area contributed by atoms with Gasteiger partial charge in [-0.2, -0.15) is 5.26 Å². The van der Waals surface area contributed by atoms with E-state index in [0.29, 0.717) is 5.56 Å². The third kappa shape index (κ3) is 4.05. The Bertz CT molecular complexity index is 2520. The zero-order valence-electron chi connectivity index (χ0n) is 24.7. The van der Waals surface area contributed by atoms with Gasteiger partial charge in [-0.15, -0.1) is 0 Å². The molecular formula is C43H25NO2. The molecule has 0 fully saturated rings. The topological polar surface area (TPSA) is 50.1 Å². The summed E-state index contributed by atoms with van der Waals surface area (Å²) in [5.74, 6) is 0. The molecule has 0 bridgehead atoms. The van der Waals surface area contributed by atoms with Crippen LogP contribution in [0.25, 0.3) is 88.4 Å². The van der Waals surface area contributed by atoms with Crippen LogP contribution < -0.4 is 0 Å². The number of nitriles is 1. The van der Waals surface area contributed by atoms with Gasteiger partial charge >= 0.3 is 0 Å². The summed E-state index contributed by atoms with van der Waals surface area (Å²) in [6, 6.07) is 54.2. The van der Waals surface area contributed by atoms with Gasteiger partial charge < -0.3 is 8.83 Å². The molecule has 0 aliphatic rings. The molecule has 0 saturated heterocycles. The van der Waals surface area contributed by atoms with Crippen LogP contribution in [-0.4, -0.2) is 0 Å². The molecule has 2 heterocycles. The van der Waals surface area contributed by atoms with Crippen LogP contribution in [0.1, 0.15) is 5.56 Å². The van der Waals surface area contributed by atoms with E-state index in [-0.39, 0.29) is 0 Å². The molecule has 9 aromatic rings. The molecule has 0 spiro atoms. The molecule has 0 radical (unpaired) electrons. The van der Waals surface area contributed by atoms with E-state index in [1.165, 1.54) is 0 Å². The number of furan rings is 2. The van der Waals surface area contributed by atoms with Gasteiger partial charge in [0.1, 0.15) is 22.3 Å². The first kappa shape index (κ1) is 26.1. The summed E-state index contributed by atoms with van der Waals surface area (Å²) in [4.78, 5) is 0. The largest absolute Gasteiger partial charge is 0.455 e. The van der Waals surface area contributed by atoms with Crippen LogP contribution in [-0.2, 0) is 0 Å². The first-order valence-electron chi connectivity index (χ1n) is 15.3. The third-order valence-corrected chi connectivity index (χ3v) is 8.91. The van der Waals surface area contributed by atoms with Crippen molar-refractivity contribution in [1.29, 1.82) is 5.26 Å². The van der Waals surface area contributed by atoms with Crippen LogP contribution in [0.15, 0.2) is 160 Å². The fraction of sp³-hybridized carbons (Fsp3) is 0. The van der Waals surface area contributed by atoms with Crippen LogP contribution in [0.4, 0.5) is 0 Å². The molecule has 0 amide bonds. The van der Waals surface area contributed by atoms with Crippen LogP contribution >= 0.6 is 0 Å². The maximum Gasteiger partial charge on any atom is 0.143 e. The van der Waals surface area contributed by atoms with Crippen molar-refractivity contribution in [3.05, 3.63) is 157 Å². The molecule has 46 heavy (non-hydrogen) atoms. The summed E-state index contributed by atoms with van der Waals surface area (Å²) in [6.07, 6.45) is 0. The van der Waals surface area contributed by atoms with Gasteiger partial charge in [-0.1, -0.05) is 121 Å². The summed E-state index contributed by atoms with van der Waals surface area (Å²) in [7, 11) is 0. The molecule has 0 unspecified atom stereocenters. The quantitative estimate of drug-likeness (QED) is 0.206. The normalized spacial score (nSPS) is 11.5. The molecule has 9 rings (SSSR count). The van der Waals surface area contributed by atoms with Crippen molar-refractivity contribution >= 4 is 43.9 Å². The highest BCUT2D eigenvalue weighted by Gasteiger charge is 2.22. The molecule has 0 atom stereocenters. The number of hydrogen-bond donors (Lipinski definition) is 0. The molecule has 3 heteroatoms. The highest BCUT2D eigenvalue weighted by molar-refractivity contribution is 6.14. The van der Waals surface area contributed by atoms with Crippen molar-refractivity contribution < 1.29 is 8.83 Å². The van der Waals surface area contributed by atoms with E-state index >= 15 is 0 Å².